The maximum Gasteiger partial charge on any atom is 0.227 e. The molecule has 2 aromatic rings. The summed E-state index contributed by atoms with van der Waals surface area (Å²) in [5.41, 5.74) is 7.19. The summed E-state index contributed by atoms with van der Waals surface area (Å²) in [7, 11) is 1.57. The van der Waals surface area contributed by atoms with Crippen LogP contribution in [0.3, 0.4) is 0 Å². The summed E-state index contributed by atoms with van der Waals surface area (Å²) in [5, 5.41) is 0. The monoisotopic (exact) mass is 368 g/mol. The van der Waals surface area contributed by atoms with Crippen molar-refractivity contribution >= 4 is 18.3 Å². The lowest BCUT2D eigenvalue weighted by Crippen LogP contribution is -2.38. The molecule has 0 aliphatic rings. The van der Waals surface area contributed by atoms with E-state index in [1.165, 1.54) is 4.90 Å². The fraction of sp³-hybridized carbons (Fsp3) is 0.316. The van der Waals surface area contributed by atoms with E-state index >= 15 is 0 Å². The van der Waals surface area contributed by atoms with Crippen LogP contribution in [0.4, 0.5) is 8.78 Å². The van der Waals surface area contributed by atoms with Crippen LogP contribution in [-0.2, 0) is 4.79 Å². The number of carbonyl (C=O) groups is 1. The average Bonchev–Trinajstić information content (AvgIpc) is 2.61. The molecule has 0 saturated heterocycles. The van der Waals surface area contributed by atoms with Gasteiger partial charge in [-0.1, -0.05) is 37.3 Å². The second-order valence-electron chi connectivity index (χ2n) is 6.02. The van der Waals surface area contributed by atoms with E-state index < -0.39 is 29.6 Å². The van der Waals surface area contributed by atoms with Gasteiger partial charge in [0.1, 0.15) is 11.6 Å². The molecule has 3 unspecified atom stereocenters. The molecule has 0 radical (unpaired) electrons. The molecule has 25 heavy (non-hydrogen) atoms. The molecule has 0 spiro atoms. The van der Waals surface area contributed by atoms with Gasteiger partial charge in [-0.2, -0.15) is 0 Å². The zero-order valence-corrected chi connectivity index (χ0v) is 15.3. The predicted octanol–water partition coefficient (Wildman–Crippen LogP) is 4.24. The Bertz CT molecular complexity index is 712. The number of hydrogen-bond acceptors (Lipinski definition) is 2. The number of carbonyl (C=O) groups excluding carboxylic acids is 1. The molecule has 0 saturated carbocycles. The first-order valence-electron chi connectivity index (χ1n) is 7.85. The first-order valence-corrected chi connectivity index (χ1v) is 7.85. The van der Waals surface area contributed by atoms with Crippen molar-refractivity contribution in [3.05, 3.63) is 71.3 Å². The Morgan fingerprint density at radius 3 is 2.28 bits per heavy atom. The first kappa shape index (κ1) is 21.1. The SMILES string of the molecule is CC(C(=O)N(C)C(C)c1cc(F)ccc1F)C(N)c1ccccc1.Cl. The van der Waals surface area contributed by atoms with Crippen LogP contribution in [0.15, 0.2) is 48.5 Å². The standard InChI is InChI=1S/C19H22F2N2O.ClH/c1-12(18(22)14-7-5-4-6-8-14)19(24)23(3)13(2)16-11-15(20)9-10-17(16)21;/h4-13,18H,22H2,1-3H3;1H. The van der Waals surface area contributed by atoms with Gasteiger partial charge in [0.15, 0.2) is 0 Å². The highest BCUT2D eigenvalue weighted by atomic mass is 35.5. The molecule has 0 fully saturated rings. The number of hydrogen-bond donors (Lipinski definition) is 1. The lowest BCUT2D eigenvalue weighted by molar-refractivity contribution is -0.136. The molecule has 1 amide bonds. The summed E-state index contributed by atoms with van der Waals surface area (Å²) in [6.45, 7) is 3.40. The second-order valence-corrected chi connectivity index (χ2v) is 6.02. The molecule has 6 heteroatoms. The zero-order valence-electron chi connectivity index (χ0n) is 14.4. The molecule has 0 aliphatic heterocycles. The number of rotatable bonds is 5. The third kappa shape index (κ3) is 4.77. The number of benzene rings is 2. The minimum Gasteiger partial charge on any atom is -0.339 e. The number of nitrogens with two attached hydrogens (primary N) is 1. The van der Waals surface area contributed by atoms with E-state index in [-0.39, 0.29) is 23.9 Å². The lowest BCUT2D eigenvalue weighted by atomic mass is 9.93. The summed E-state index contributed by atoms with van der Waals surface area (Å²) in [5.74, 6) is -1.78. The highest BCUT2D eigenvalue weighted by Gasteiger charge is 2.28. The molecule has 2 rings (SSSR count). The molecule has 2 aromatic carbocycles. The highest BCUT2D eigenvalue weighted by Crippen LogP contribution is 2.27. The largest absolute Gasteiger partial charge is 0.339 e. The van der Waals surface area contributed by atoms with Gasteiger partial charge in [0.05, 0.1) is 12.0 Å². The van der Waals surface area contributed by atoms with E-state index in [1.807, 2.05) is 30.3 Å². The molecule has 3 atom stereocenters. The molecule has 136 valence electrons. The normalized spacial score (nSPS) is 14.2. The minimum atomic E-state index is -0.598. The zero-order chi connectivity index (χ0) is 17.9. The number of halogens is 3. The van der Waals surface area contributed by atoms with Gasteiger partial charge in [0, 0.05) is 18.7 Å². The summed E-state index contributed by atoms with van der Waals surface area (Å²) < 4.78 is 27.3. The summed E-state index contributed by atoms with van der Waals surface area (Å²) in [6.07, 6.45) is 0. The second kappa shape index (κ2) is 8.92. The summed E-state index contributed by atoms with van der Waals surface area (Å²) in [4.78, 5) is 14.1. The van der Waals surface area contributed by atoms with Crippen LogP contribution in [0.2, 0.25) is 0 Å². The van der Waals surface area contributed by atoms with Crippen LogP contribution >= 0.6 is 12.4 Å². The molecular formula is C19H23ClF2N2O. The molecule has 0 aliphatic carbocycles. The van der Waals surface area contributed by atoms with Gasteiger partial charge in [0.25, 0.3) is 0 Å². The van der Waals surface area contributed by atoms with Crippen molar-refractivity contribution in [1.29, 1.82) is 0 Å². The maximum absolute atomic E-state index is 13.9. The fourth-order valence-corrected chi connectivity index (χ4v) is 2.67. The van der Waals surface area contributed by atoms with Gasteiger partial charge in [-0.05, 0) is 30.7 Å². The van der Waals surface area contributed by atoms with E-state index in [4.69, 9.17) is 5.73 Å². The van der Waals surface area contributed by atoms with Gasteiger partial charge in [0.2, 0.25) is 5.91 Å². The Morgan fingerprint density at radius 1 is 1.08 bits per heavy atom. The molecule has 2 N–H and O–H groups in total. The van der Waals surface area contributed by atoms with Crippen LogP contribution in [0.5, 0.6) is 0 Å². The minimum absolute atomic E-state index is 0. The van der Waals surface area contributed by atoms with Crippen molar-refractivity contribution < 1.29 is 13.6 Å². The van der Waals surface area contributed by atoms with Crippen LogP contribution in [0.25, 0.3) is 0 Å². The Balaban J connectivity index is 0.00000312. The van der Waals surface area contributed by atoms with Crippen molar-refractivity contribution in [2.24, 2.45) is 11.7 Å². The molecular weight excluding hydrogens is 346 g/mol. The van der Waals surface area contributed by atoms with Crippen molar-refractivity contribution in [3.63, 3.8) is 0 Å². The maximum atomic E-state index is 13.9. The quantitative estimate of drug-likeness (QED) is 0.857. The summed E-state index contributed by atoms with van der Waals surface area (Å²) in [6, 6.07) is 11.5. The topological polar surface area (TPSA) is 46.3 Å². The van der Waals surface area contributed by atoms with E-state index in [2.05, 4.69) is 0 Å². The van der Waals surface area contributed by atoms with E-state index in [0.29, 0.717) is 0 Å². The highest BCUT2D eigenvalue weighted by molar-refractivity contribution is 5.85. The van der Waals surface area contributed by atoms with Crippen LogP contribution < -0.4 is 5.73 Å². The van der Waals surface area contributed by atoms with Gasteiger partial charge in [-0.25, -0.2) is 8.78 Å². The van der Waals surface area contributed by atoms with Gasteiger partial charge in [-0.3, -0.25) is 4.79 Å². The summed E-state index contributed by atoms with van der Waals surface area (Å²) >= 11 is 0. The lowest BCUT2D eigenvalue weighted by Gasteiger charge is -2.30. The number of nitrogens with zero attached hydrogens (tertiary/aromatic N) is 1. The van der Waals surface area contributed by atoms with Crippen molar-refractivity contribution in [2.75, 3.05) is 7.05 Å². The van der Waals surface area contributed by atoms with E-state index in [1.54, 1.807) is 20.9 Å². The Hall–Kier alpha value is -1.98. The fourth-order valence-electron chi connectivity index (χ4n) is 2.67. The van der Waals surface area contributed by atoms with E-state index in [0.717, 1.165) is 23.8 Å². The molecule has 0 aromatic heterocycles. The van der Waals surface area contributed by atoms with Crippen molar-refractivity contribution in [2.45, 2.75) is 25.9 Å². The van der Waals surface area contributed by atoms with Crippen LogP contribution in [0, 0.1) is 17.6 Å². The third-order valence-corrected chi connectivity index (χ3v) is 4.45. The predicted molar refractivity (Wildman–Crippen MR) is 97.3 cm³/mol. The van der Waals surface area contributed by atoms with Crippen LogP contribution in [0.1, 0.15) is 37.1 Å². The smallest absolute Gasteiger partial charge is 0.227 e. The Morgan fingerprint density at radius 2 is 1.68 bits per heavy atom. The molecule has 0 heterocycles. The van der Waals surface area contributed by atoms with Gasteiger partial charge >= 0.3 is 0 Å². The van der Waals surface area contributed by atoms with Crippen molar-refractivity contribution in [1.82, 2.24) is 4.90 Å². The van der Waals surface area contributed by atoms with Crippen LogP contribution in [-0.4, -0.2) is 17.9 Å². The van der Waals surface area contributed by atoms with Gasteiger partial charge < -0.3 is 10.6 Å². The van der Waals surface area contributed by atoms with E-state index in [9.17, 15) is 13.6 Å². The first-order chi connectivity index (χ1) is 11.3. The van der Waals surface area contributed by atoms with Crippen molar-refractivity contribution in [3.8, 4) is 0 Å². The average molecular weight is 369 g/mol. The third-order valence-electron chi connectivity index (χ3n) is 4.45. The molecule has 3 nitrogen and oxygen atoms in total. The Labute approximate surface area is 153 Å². The molecule has 0 bridgehead atoms. The number of amides is 1. The van der Waals surface area contributed by atoms with Gasteiger partial charge in [-0.15, -0.1) is 12.4 Å². The Kier molecular flexibility index (Phi) is 7.52.